The number of aromatic nitrogens is 2. The van der Waals surface area contributed by atoms with Crippen molar-refractivity contribution < 1.29 is 33.5 Å². The zero-order chi connectivity index (χ0) is 20.4. The number of thioether (sulfide) groups is 1. The molecule has 1 aromatic rings. The molecule has 2 aliphatic heterocycles. The number of carbonyl (C=O) groups excluding carboxylic acids is 3. The normalized spacial score (nSPS) is 21.1. The van der Waals surface area contributed by atoms with Crippen LogP contribution >= 0.6 is 11.8 Å². The molecule has 12 heteroatoms. The Balaban J connectivity index is 1.66. The molecule has 2 aliphatic rings. The molecule has 0 radical (unpaired) electrons. The van der Waals surface area contributed by atoms with Gasteiger partial charge in [0.25, 0.3) is 5.91 Å². The van der Waals surface area contributed by atoms with E-state index < -0.39 is 35.2 Å². The maximum Gasteiger partial charge on any atom is 0.352 e. The Morgan fingerprint density at radius 3 is 2.79 bits per heavy atom. The van der Waals surface area contributed by atoms with Crippen molar-refractivity contribution >= 4 is 35.5 Å². The highest BCUT2D eigenvalue weighted by molar-refractivity contribution is 8.00. The van der Waals surface area contributed by atoms with E-state index in [9.17, 15) is 24.3 Å². The van der Waals surface area contributed by atoms with Gasteiger partial charge in [0.05, 0.1) is 6.42 Å². The summed E-state index contributed by atoms with van der Waals surface area (Å²) >= 11 is 1.29. The number of nitrogens with zero attached hydrogens (tertiary/aromatic N) is 3. The van der Waals surface area contributed by atoms with Crippen molar-refractivity contribution in [1.82, 2.24) is 20.4 Å². The summed E-state index contributed by atoms with van der Waals surface area (Å²) < 4.78 is 9.80. The Kier molecular flexibility index (Phi) is 5.68. The van der Waals surface area contributed by atoms with E-state index in [1.165, 1.54) is 18.7 Å². The summed E-state index contributed by atoms with van der Waals surface area (Å²) in [7, 11) is 0. The second-order valence-corrected chi connectivity index (χ2v) is 7.23. The van der Waals surface area contributed by atoms with E-state index in [4.69, 9.17) is 9.26 Å². The molecule has 1 fully saturated rings. The first kappa shape index (κ1) is 19.9. The highest BCUT2D eigenvalue weighted by Gasteiger charge is 2.54. The van der Waals surface area contributed by atoms with E-state index in [2.05, 4.69) is 15.5 Å². The van der Waals surface area contributed by atoms with Crippen LogP contribution in [0.15, 0.2) is 15.8 Å². The lowest BCUT2D eigenvalue weighted by molar-refractivity contribution is -0.151. The fourth-order valence-electron chi connectivity index (χ4n) is 2.86. The Hall–Kier alpha value is -2.89. The zero-order valence-corrected chi connectivity index (χ0v) is 15.9. The van der Waals surface area contributed by atoms with E-state index in [0.717, 1.165) is 4.90 Å². The minimum Gasteiger partial charge on any atom is -0.477 e. The van der Waals surface area contributed by atoms with E-state index in [-0.39, 0.29) is 30.3 Å². The largest absolute Gasteiger partial charge is 0.477 e. The minimum absolute atomic E-state index is 0.149. The number of carbonyl (C=O) groups is 4. The summed E-state index contributed by atoms with van der Waals surface area (Å²) in [5.41, 5.74) is 0.132. The number of fused-ring (bicyclic) bond motifs is 1. The predicted molar refractivity (Wildman–Crippen MR) is 93.7 cm³/mol. The van der Waals surface area contributed by atoms with Gasteiger partial charge in [0.1, 0.15) is 23.7 Å². The van der Waals surface area contributed by atoms with Crippen molar-refractivity contribution in [2.45, 2.75) is 38.1 Å². The van der Waals surface area contributed by atoms with Gasteiger partial charge in [-0.1, -0.05) is 12.1 Å². The van der Waals surface area contributed by atoms with Crippen molar-refractivity contribution in [1.29, 1.82) is 0 Å². The van der Waals surface area contributed by atoms with Gasteiger partial charge < -0.3 is 19.7 Å². The SMILES string of the molecule is CCc1nc(CC(=O)N[C@@H]2C(=O)N3C(C(=O)O)=C(COC(C)=O)CS[C@H]23)no1. The number of rotatable bonds is 7. The summed E-state index contributed by atoms with van der Waals surface area (Å²) in [6.07, 6.45) is 0.396. The van der Waals surface area contributed by atoms with Crippen LogP contribution < -0.4 is 5.32 Å². The molecular formula is C16H18N4O7S. The molecule has 2 amide bonds. The summed E-state index contributed by atoms with van der Waals surface area (Å²) in [4.78, 5) is 52.4. The van der Waals surface area contributed by atoms with Crippen LogP contribution in [0.25, 0.3) is 0 Å². The van der Waals surface area contributed by atoms with Crippen LogP contribution in [-0.4, -0.2) is 67.7 Å². The summed E-state index contributed by atoms with van der Waals surface area (Å²) in [5.74, 6) is -1.95. The second kappa shape index (κ2) is 8.00. The minimum atomic E-state index is -1.29. The number of aryl methyl sites for hydroxylation is 1. The third-order valence-electron chi connectivity index (χ3n) is 4.15. The predicted octanol–water partition coefficient (Wildman–Crippen LogP) is -0.524. The highest BCUT2D eigenvalue weighted by atomic mass is 32.2. The van der Waals surface area contributed by atoms with Crippen molar-refractivity contribution in [3.05, 3.63) is 23.0 Å². The molecule has 0 aromatic carbocycles. The Bertz CT molecular complexity index is 865. The zero-order valence-electron chi connectivity index (χ0n) is 15.1. The molecule has 2 atom stereocenters. The number of hydrogen-bond acceptors (Lipinski definition) is 9. The van der Waals surface area contributed by atoms with E-state index in [1.54, 1.807) is 0 Å². The van der Waals surface area contributed by atoms with Crippen LogP contribution in [0.4, 0.5) is 0 Å². The van der Waals surface area contributed by atoms with Gasteiger partial charge in [0, 0.05) is 24.7 Å². The van der Waals surface area contributed by atoms with E-state index in [0.29, 0.717) is 17.9 Å². The first-order valence-electron chi connectivity index (χ1n) is 8.46. The van der Waals surface area contributed by atoms with Gasteiger partial charge in [-0.05, 0) is 0 Å². The molecule has 0 bridgehead atoms. The van der Waals surface area contributed by atoms with Crippen LogP contribution in [0.1, 0.15) is 25.6 Å². The summed E-state index contributed by atoms with van der Waals surface area (Å²) in [6, 6.07) is -0.848. The Morgan fingerprint density at radius 2 is 2.18 bits per heavy atom. The molecule has 3 rings (SSSR count). The molecule has 2 N–H and O–H groups in total. The lowest BCUT2D eigenvalue weighted by Gasteiger charge is -2.49. The topological polar surface area (TPSA) is 152 Å². The standard InChI is InChI=1S/C16H18N4O7S/c1-3-11-17-9(19-27-11)4-10(22)18-12-14(23)20-13(16(24)25)8(5-26-7(2)21)6-28-15(12)20/h12,15H,3-6H2,1-2H3,(H,18,22)(H,24,25)/t12-,15-/m1/s1. The van der Waals surface area contributed by atoms with Crippen LogP contribution in [0.5, 0.6) is 0 Å². The molecule has 0 spiro atoms. The van der Waals surface area contributed by atoms with E-state index >= 15 is 0 Å². The number of nitrogens with one attached hydrogen (secondary N) is 1. The second-order valence-electron chi connectivity index (χ2n) is 6.13. The monoisotopic (exact) mass is 410 g/mol. The van der Waals surface area contributed by atoms with Gasteiger partial charge in [0.15, 0.2) is 5.82 Å². The third kappa shape index (κ3) is 3.86. The van der Waals surface area contributed by atoms with Gasteiger partial charge in [0.2, 0.25) is 11.8 Å². The van der Waals surface area contributed by atoms with Gasteiger partial charge in [-0.15, -0.1) is 11.8 Å². The maximum absolute atomic E-state index is 12.5. The Morgan fingerprint density at radius 1 is 1.43 bits per heavy atom. The number of aliphatic carboxylic acids is 1. The fraction of sp³-hybridized carbons (Fsp3) is 0.500. The molecule has 0 unspecified atom stereocenters. The van der Waals surface area contributed by atoms with Crippen molar-refractivity contribution in [2.75, 3.05) is 12.4 Å². The first-order chi connectivity index (χ1) is 13.3. The van der Waals surface area contributed by atoms with Crippen molar-refractivity contribution in [3.8, 4) is 0 Å². The highest BCUT2D eigenvalue weighted by Crippen LogP contribution is 2.40. The molecule has 28 heavy (non-hydrogen) atoms. The van der Waals surface area contributed by atoms with Crippen LogP contribution in [0, 0.1) is 0 Å². The molecule has 11 nitrogen and oxygen atoms in total. The molecular weight excluding hydrogens is 392 g/mol. The van der Waals surface area contributed by atoms with Crippen LogP contribution in [0.3, 0.4) is 0 Å². The summed E-state index contributed by atoms with van der Waals surface area (Å²) in [6.45, 7) is 2.85. The lowest BCUT2D eigenvalue weighted by atomic mass is 10.0. The van der Waals surface area contributed by atoms with E-state index in [1.807, 2.05) is 6.92 Å². The van der Waals surface area contributed by atoms with Crippen molar-refractivity contribution in [2.24, 2.45) is 0 Å². The average molecular weight is 410 g/mol. The van der Waals surface area contributed by atoms with Gasteiger partial charge in [-0.2, -0.15) is 4.98 Å². The average Bonchev–Trinajstić information content (AvgIpc) is 3.10. The maximum atomic E-state index is 12.5. The number of ether oxygens (including phenoxy) is 1. The third-order valence-corrected chi connectivity index (χ3v) is 5.49. The molecule has 3 heterocycles. The first-order valence-corrected chi connectivity index (χ1v) is 9.50. The molecule has 1 saturated heterocycles. The quantitative estimate of drug-likeness (QED) is 0.443. The van der Waals surface area contributed by atoms with Gasteiger partial charge in [-0.3, -0.25) is 19.3 Å². The van der Waals surface area contributed by atoms with Gasteiger partial charge >= 0.3 is 11.9 Å². The van der Waals surface area contributed by atoms with Gasteiger partial charge in [-0.25, -0.2) is 4.79 Å². The number of carboxylic acid groups (broad SMARTS) is 1. The number of β-lactam (4-membered cyclic amide) rings is 1. The van der Waals surface area contributed by atoms with Crippen molar-refractivity contribution in [3.63, 3.8) is 0 Å². The summed E-state index contributed by atoms with van der Waals surface area (Å²) in [5, 5.41) is 15.2. The number of esters is 1. The lowest BCUT2D eigenvalue weighted by Crippen LogP contribution is -2.70. The fourth-order valence-corrected chi connectivity index (χ4v) is 4.18. The molecule has 1 aromatic heterocycles. The number of hydrogen-bond donors (Lipinski definition) is 2. The molecule has 0 saturated carbocycles. The number of carboxylic acids is 1. The molecule has 150 valence electrons. The van der Waals surface area contributed by atoms with Crippen LogP contribution in [-0.2, 0) is 36.8 Å². The Labute approximate surface area is 163 Å². The van der Waals surface area contributed by atoms with Crippen LogP contribution in [0.2, 0.25) is 0 Å². The molecule has 0 aliphatic carbocycles. The smallest absolute Gasteiger partial charge is 0.352 e. The number of amides is 2.